The maximum absolute atomic E-state index is 11.7. The highest BCUT2D eigenvalue weighted by atomic mass is 16.5. The van der Waals surface area contributed by atoms with Crippen molar-refractivity contribution in [1.29, 1.82) is 0 Å². The van der Waals surface area contributed by atoms with E-state index >= 15 is 0 Å². The Kier molecular flexibility index (Phi) is 11.1. The number of rotatable bonds is 11. The fourth-order valence-electron chi connectivity index (χ4n) is 2.08. The fourth-order valence-corrected chi connectivity index (χ4v) is 2.08. The van der Waals surface area contributed by atoms with Crippen molar-refractivity contribution in [1.82, 2.24) is 0 Å². The number of hydrogen-bond donors (Lipinski definition) is 0. The second-order valence-corrected chi connectivity index (χ2v) is 5.28. The molecule has 4 heteroatoms. The van der Waals surface area contributed by atoms with Gasteiger partial charge in [0.1, 0.15) is 6.10 Å². The van der Waals surface area contributed by atoms with Crippen LogP contribution in [0.3, 0.4) is 0 Å². The first-order valence-electron chi connectivity index (χ1n) is 7.90. The second kappa shape index (κ2) is 11.7. The largest absolute Gasteiger partial charge is 0.466 e. The quantitative estimate of drug-likeness (QED) is 0.427. The molecule has 0 saturated carbocycles. The average molecular weight is 286 g/mol. The SMILES string of the molecule is CCCCOC(=O)CCC(=O)OC(CC)C(C)CCC. The normalized spacial score (nSPS) is 13.6. The third-order valence-electron chi connectivity index (χ3n) is 3.36. The Balaban J connectivity index is 3.93. The van der Waals surface area contributed by atoms with E-state index < -0.39 is 0 Å². The number of esters is 2. The molecule has 0 heterocycles. The first kappa shape index (κ1) is 18.9. The summed E-state index contributed by atoms with van der Waals surface area (Å²) in [7, 11) is 0. The average Bonchev–Trinajstić information content (AvgIpc) is 2.43. The maximum Gasteiger partial charge on any atom is 0.306 e. The minimum absolute atomic E-state index is 0.0430. The molecule has 0 aromatic carbocycles. The van der Waals surface area contributed by atoms with Crippen LogP contribution in [-0.4, -0.2) is 24.6 Å². The molecular formula is C16H30O4. The molecule has 0 N–H and O–H groups in total. The Hall–Kier alpha value is -1.06. The van der Waals surface area contributed by atoms with Crippen molar-refractivity contribution < 1.29 is 19.1 Å². The topological polar surface area (TPSA) is 52.6 Å². The van der Waals surface area contributed by atoms with Crippen LogP contribution in [0.5, 0.6) is 0 Å². The molecule has 0 aliphatic carbocycles. The van der Waals surface area contributed by atoms with Crippen LogP contribution in [0.15, 0.2) is 0 Å². The number of carbonyl (C=O) groups is 2. The van der Waals surface area contributed by atoms with Crippen molar-refractivity contribution in [3.63, 3.8) is 0 Å². The molecule has 0 rings (SSSR count). The van der Waals surface area contributed by atoms with Crippen LogP contribution in [0.25, 0.3) is 0 Å². The first-order valence-corrected chi connectivity index (χ1v) is 7.90. The van der Waals surface area contributed by atoms with E-state index in [2.05, 4.69) is 13.8 Å². The van der Waals surface area contributed by atoms with Gasteiger partial charge in [0.05, 0.1) is 19.4 Å². The van der Waals surface area contributed by atoms with Gasteiger partial charge in [0.2, 0.25) is 0 Å². The molecule has 0 aliphatic rings. The summed E-state index contributed by atoms with van der Waals surface area (Å²) in [6.45, 7) is 8.72. The van der Waals surface area contributed by atoms with Crippen molar-refractivity contribution in [3.05, 3.63) is 0 Å². The molecule has 2 unspecified atom stereocenters. The van der Waals surface area contributed by atoms with Gasteiger partial charge in [-0.25, -0.2) is 0 Å². The van der Waals surface area contributed by atoms with Crippen LogP contribution in [0.2, 0.25) is 0 Å². The lowest BCUT2D eigenvalue weighted by Crippen LogP contribution is -2.25. The number of carbonyl (C=O) groups excluding carboxylic acids is 2. The molecule has 0 aromatic heterocycles. The summed E-state index contributed by atoms with van der Waals surface area (Å²) in [5.41, 5.74) is 0. The minimum Gasteiger partial charge on any atom is -0.466 e. The molecule has 20 heavy (non-hydrogen) atoms. The summed E-state index contributed by atoms with van der Waals surface area (Å²) in [6, 6.07) is 0. The van der Waals surface area contributed by atoms with Crippen LogP contribution in [-0.2, 0) is 19.1 Å². The molecule has 2 atom stereocenters. The van der Waals surface area contributed by atoms with Gasteiger partial charge in [0.15, 0.2) is 0 Å². The summed E-state index contributed by atoms with van der Waals surface area (Å²) >= 11 is 0. The van der Waals surface area contributed by atoms with Gasteiger partial charge < -0.3 is 9.47 Å². The fraction of sp³-hybridized carbons (Fsp3) is 0.875. The molecule has 0 radical (unpaired) electrons. The highest BCUT2D eigenvalue weighted by Crippen LogP contribution is 2.17. The first-order chi connectivity index (χ1) is 9.54. The van der Waals surface area contributed by atoms with Gasteiger partial charge in [-0.3, -0.25) is 9.59 Å². The van der Waals surface area contributed by atoms with Gasteiger partial charge in [-0.2, -0.15) is 0 Å². The lowest BCUT2D eigenvalue weighted by Gasteiger charge is -2.22. The van der Waals surface area contributed by atoms with Gasteiger partial charge >= 0.3 is 11.9 Å². The maximum atomic E-state index is 11.7. The molecule has 0 saturated heterocycles. The Morgan fingerprint density at radius 3 is 2.20 bits per heavy atom. The van der Waals surface area contributed by atoms with E-state index in [9.17, 15) is 9.59 Å². The van der Waals surface area contributed by atoms with E-state index in [0.29, 0.717) is 12.5 Å². The standard InChI is InChI=1S/C16H30O4/c1-5-8-12-19-15(17)10-11-16(18)20-14(7-3)13(4)9-6-2/h13-14H,5-12H2,1-4H3. The smallest absolute Gasteiger partial charge is 0.306 e. The summed E-state index contributed by atoms with van der Waals surface area (Å²) in [5, 5.41) is 0. The second-order valence-electron chi connectivity index (χ2n) is 5.28. The molecule has 0 bridgehead atoms. The predicted octanol–water partition coefficient (Wildman–Crippen LogP) is 3.87. The zero-order chi connectivity index (χ0) is 15.4. The van der Waals surface area contributed by atoms with E-state index in [1.165, 1.54) is 0 Å². The number of unbranched alkanes of at least 4 members (excludes halogenated alkanes) is 1. The van der Waals surface area contributed by atoms with E-state index in [1.54, 1.807) is 0 Å². The van der Waals surface area contributed by atoms with Crippen molar-refractivity contribution in [3.8, 4) is 0 Å². The summed E-state index contributed by atoms with van der Waals surface area (Å²) < 4.78 is 10.4. The predicted molar refractivity (Wildman–Crippen MR) is 79.3 cm³/mol. The van der Waals surface area contributed by atoms with Gasteiger partial charge in [0.25, 0.3) is 0 Å². The van der Waals surface area contributed by atoms with Crippen LogP contribution in [0.4, 0.5) is 0 Å². The zero-order valence-electron chi connectivity index (χ0n) is 13.4. The summed E-state index contributed by atoms with van der Waals surface area (Å²) in [6.07, 6.45) is 4.98. The molecule has 0 aromatic rings. The Bertz CT molecular complexity index is 276. The van der Waals surface area contributed by atoms with E-state index in [1.807, 2.05) is 13.8 Å². The summed E-state index contributed by atoms with van der Waals surface area (Å²) in [4.78, 5) is 23.1. The lowest BCUT2D eigenvalue weighted by molar-refractivity contribution is -0.155. The van der Waals surface area contributed by atoms with Crippen LogP contribution in [0, 0.1) is 5.92 Å². The van der Waals surface area contributed by atoms with Gasteiger partial charge in [-0.15, -0.1) is 0 Å². The minimum atomic E-state index is -0.315. The van der Waals surface area contributed by atoms with Crippen LogP contribution < -0.4 is 0 Å². The molecule has 118 valence electrons. The van der Waals surface area contributed by atoms with E-state index in [-0.39, 0.29) is 30.9 Å². The van der Waals surface area contributed by atoms with E-state index in [4.69, 9.17) is 9.47 Å². The van der Waals surface area contributed by atoms with Crippen LogP contribution in [0.1, 0.15) is 72.6 Å². The third-order valence-corrected chi connectivity index (χ3v) is 3.36. The molecule has 0 fully saturated rings. The molecule has 4 nitrogen and oxygen atoms in total. The Morgan fingerprint density at radius 2 is 1.65 bits per heavy atom. The highest BCUT2D eigenvalue weighted by molar-refractivity contribution is 5.77. The van der Waals surface area contributed by atoms with Crippen LogP contribution >= 0.6 is 0 Å². The molecule has 0 spiro atoms. The van der Waals surface area contributed by atoms with Crippen molar-refractivity contribution in [2.24, 2.45) is 5.92 Å². The zero-order valence-corrected chi connectivity index (χ0v) is 13.4. The summed E-state index contributed by atoms with van der Waals surface area (Å²) in [5.74, 6) is -0.247. The monoisotopic (exact) mass is 286 g/mol. The van der Waals surface area contributed by atoms with Gasteiger partial charge in [-0.05, 0) is 25.2 Å². The van der Waals surface area contributed by atoms with E-state index in [0.717, 1.165) is 32.1 Å². The van der Waals surface area contributed by atoms with Crippen molar-refractivity contribution in [2.75, 3.05) is 6.61 Å². The molecule has 0 amide bonds. The third kappa shape index (κ3) is 8.94. The number of hydrogen-bond acceptors (Lipinski definition) is 4. The van der Waals surface area contributed by atoms with Gasteiger partial charge in [0, 0.05) is 0 Å². The molecule has 0 aliphatic heterocycles. The molecular weight excluding hydrogens is 256 g/mol. The van der Waals surface area contributed by atoms with Crippen molar-refractivity contribution >= 4 is 11.9 Å². The van der Waals surface area contributed by atoms with Gasteiger partial charge in [-0.1, -0.05) is 40.5 Å². The Labute approximate surface area is 123 Å². The highest BCUT2D eigenvalue weighted by Gasteiger charge is 2.19. The lowest BCUT2D eigenvalue weighted by atomic mass is 9.97. The number of ether oxygens (including phenoxy) is 2. The van der Waals surface area contributed by atoms with Crippen molar-refractivity contribution in [2.45, 2.75) is 78.7 Å². The Morgan fingerprint density at radius 1 is 1.00 bits per heavy atom.